The summed E-state index contributed by atoms with van der Waals surface area (Å²) in [6.07, 6.45) is 2.97. The molecule has 9 nitrogen and oxygen atoms in total. The number of nitrogens with zero attached hydrogens (tertiary/aromatic N) is 2. The summed E-state index contributed by atoms with van der Waals surface area (Å²) in [5.74, 6) is -0.551. The SMILES string of the molecule is CC(C)(C)OC(=O)N1CCC(C(=O)NC(Cc2c[nH]c3ccccc23)C(=O)N2Cc3ccc(N)cc3C2)CC1. The van der Waals surface area contributed by atoms with E-state index >= 15 is 0 Å². The lowest BCUT2D eigenvalue weighted by Crippen LogP contribution is -2.51. The second kappa shape index (κ2) is 10.6. The molecule has 3 amide bonds. The third-order valence-corrected chi connectivity index (χ3v) is 7.50. The highest BCUT2D eigenvalue weighted by Gasteiger charge is 2.34. The van der Waals surface area contributed by atoms with Crippen molar-refractivity contribution < 1.29 is 19.1 Å². The zero-order valence-corrected chi connectivity index (χ0v) is 22.8. The molecule has 0 spiro atoms. The summed E-state index contributed by atoms with van der Waals surface area (Å²) in [7, 11) is 0. The molecular formula is C30H37N5O4. The molecule has 3 heterocycles. The van der Waals surface area contributed by atoms with E-state index in [1.54, 1.807) is 9.80 Å². The van der Waals surface area contributed by atoms with Gasteiger partial charge < -0.3 is 30.6 Å². The largest absolute Gasteiger partial charge is 0.444 e. The van der Waals surface area contributed by atoms with Gasteiger partial charge in [0, 0.05) is 61.3 Å². The highest BCUT2D eigenvalue weighted by molar-refractivity contribution is 5.90. The summed E-state index contributed by atoms with van der Waals surface area (Å²) in [4.78, 5) is 46.5. The number of aromatic nitrogens is 1. The average molecular weight is 532 g/mol. The van der Waals surface area contributed by atoms with E-state index in [2.05, 4.69) is 10.3 Å². The molecule has 206 valence electrons. The molecule has 1 unspecified atom stereocenters. The molecule has 2 aliphatic rings. The predicted octanol–water partition coefficient (Wildman–Crippen LogP) is 3.97. The van der Waals surface area contributed by atoms with Gasteiger partial charge in [0.25, 0.3) is 0 Å². The summed E-state index contributed by atoms with van der Waals surface area (Å²) in [6, 6.07) is 12.9. The number of aromatic amines is 1. The molecule has 2 aliphatic heterocycles. The smallest absolute Gasteiger partial charge is 0.410 e. The number of hydrogen-bond donors (Lipinski definition) is 3. The molecule has 9 heteroatoms. The summed E-state index contributed by atoms with van der Waals surface area (Å²) < 4.78 is 5.48. The fraction of sp³-hybridized carbons (Fsp3) is 0.433. The van der Waals surface area contributed by atoms with Crippen LogP contribution in [0.15, 0.2) is 48.7 Å². The molecule has 3 aromatic rings. The van der Waals surface area contributed by atoms with E-state index in [4.69, 9.17) is 10.5 Å². The first-order valence-corrected chi connectivity index (χ1v) is 13.6. The Hall–Kier alpha value is -4.01. The van der Waals surface area contributed by atoms with E-state index in [-0.39, 0.29) is 23.8 Å². The fourth-order valence-electron chi connectivity index (χ4n) is 5.45. The first-order chi connectivity index (χ1) is 18.6. The predicted molar refractivity (Wildman–Crippen MR) is 150 cm³/mol. The highest BCUT2D eigenvalue weighted by atomic mass is 16.6. The van der Waals surface area contributed by atoms with Gasteiger partial charge in [-0.3, -0.25) is 9.59 Å². The van der Waals surface area contributed by atoms with E-state index in [0.29, 0.717) is 51.1 Å². The molecule has 0 aliphatic carbocycles. The Morgan fingerprint density at radius 3 is 2.51 bits per heavy atom. The number of ether oxygens (including phenoxy) is 1. The highest BCUT2D eigenvalue weighted by Crippen LogP contribution is 2.27. The summed E-state index contributed by atoms with van der Waals surface area (Å²) in [6.45, 7) is 7.35. The number of hydrogen-bond acceptors (Lipinski definition) is 5. The van der Waals surface area contributed by atoms with Gasteiger partial charge in [-0.15, -0.1) is 0 Å². The van der Waals surface area contributed by atoms with Gasteiger partial charge in [-0.2, -0.15) is 0 Å². The Morgan fingerprint density at radius 2 is 1.77 bits per heavy atom. The first kappa shape index (κ1) is 26.6. The number of likely N-dealkylation sites (tertiary alicyclic amines) is 1. The summed E-state index contributed by atoms with van der Waals surface area (Å²) in [5.41, 5.74) is 10.1. The van der Waals surface area contributed by atoms with Crippen molar-refractivity contribution in [1.82, 2.24) is 20.1 Å². The van der Waals surface area contributed by atoms with Crippen LogP contribution in [0.3, 0.4) is 0 Å². The van der Waals surface area contributed by atoms with Gasteiger partial charge in [0.1, 0.15) is 11.6 Å². The zero-order valence-electron chi connectivity index (χ0n) is 22.8. The standard InChI is InChI=1S/C30H37N5O4/c1-30(2,3)39-29(38)34-12-10-19(11-13-34)27(36)33-26(15-21-16-32-25-7-5-4-6-24(21)25)28(37)35-17-20-8-9-23(31)14-22(20)18-35/h4-9,14,16,19,26,32H,10-13,15,17-18,31H2,1-3H3,(H,33,36). The Labute approximate surface area is 228 Å². The van der Waals surface area contributed by atoms with Crippen molar-refractivity contribution in [2.24, 2.45) is 5.92 Å². The van der Waals surface area contributed by atoms with Gasteiger partial charge in [0.15, 0.2) is 0 Å². The van der Waals surface area contributed by atoms with E-state index < -0.39 is 11.6 Å². The van der Waals surface area contributed by atoms with Crippen LogP contribution in [-0.2, 0) is 33.8 Å². The van der Waals surface area contributed by atoms with Gasteiger partial charge in [0.05, 0.1) is 0 Å². The maximum Gasteiger partial charge on any atom is 0.410 e. The van der Waals surface area contributed by atoms with Gasteiger partial charge in [0.2, 0.25) is 11.8 Å². The lowest BCUT2D eigenvalue weighted by atomic mass is 9.95. The minimum Gasteiger partial charge on any atom is -0.444 e. The van der Waals surface area contributed by atoms with Crippen LogP contribution in [0.2, 0.25) is 0 Å². The normalized spacial score (nSPS) is 16.7. The number of nitrogens with two attached hydrogens (primary N) is 1. The Balaban J connectivity index is 1.29. The van der Waals surface area contributed by atoms with Crippen LogP contribution >= 0.6 is 0 Å². The number of carbonyl (C=O) groups is 3. The van der Waals surface area contributed by atoms with Gasteiger partial charge >= 0.3 is 6.09 Å². The molecule has 1 aromatic heterocycles. The fourth-order valence-corrected chi connectivity index (χ4v) is 5.45. The molecule has 4 N–H and O–H groups in total. The number of fused-ring (bicyclic) bond motifs is 2. The third kappa shape index (κ3) is 6.02. The Bertz CT molecular complexity index is 1380. The van der Waals surface area contributed by atoms with Crippen LogP contribution in [0.5, 0.6) is 0 Å². The quantitative estimate of drug-likeness (QED) is 0.430. The van der Waals surface area contributed by atoms with Crippen molar-refractivity contribution in [2.75, 3.05) is 18.8 Å². The van der Waals surface area contributed by atoms with Gasteiger partial charge in [-0.25, -0.2) is 4.79 Å². The van der Waals surface area contributed by atoms with Crippen LogP contribution in [0.25, 0.3) is 10.9 Å². The Morgan fingerprint density at radius 1 is 1.05 bits per heavy atom. The Kier molecular flexibility index (Phi) is 7.25. The molecule has 5 rings (SSSR count). The number of H-pyrrole nitrogens is 1. The lowest BCUT2D eigenvalue weighted by Gasteiger charge is -2.33. The number of amides is 3. The van der Waals surface area contributed by atoms with E-state index in [1.165, 1.54) is 0 Å². The van der Waals surface area contributed by atoms with Crippen LogP contribution in [0, 0.1) is 5.92 Å². The maximum absolute atomic E-state index is 13.9. The minimum absolute atomic E-state index is 0.116. The molecule has 1 fully saturated rings. The van der Waals surface area contributed by atoms with E-state index in [0.717, 1.165) is 27.6 Å². The van der Waals surface area contributed by atoms with Crippen LogP contribution in [-0.4, -0.2) is 57.4 Å². The van der Waals surface area contributed by atoms with Gasteiger partial charge in [-0.1, -0.05) is 24.3 Å². The number of nitrogen functional groups attached to an aromatic ring is 1. The maximum atomic E-state index is 13.9. The number of para-hydroxylation sites is 1. The molecular weight excluding hydrogens is 494 g/mol. The monoisotopic (exact) mass is 531 g/mol. The van der Waals surface area contributed by atoms with Crippen molar-refractivity contribution >= 4 is 34.5 Å². The second-order valence-electron chi connectivity index (χ2n) is 11.6. The molecule has 0 saturated carbocycles. The molecule has 0 radical (unpaired) electrons. The van der Waals surface area contributed by atoms with E-state index in [9.17, 15) is 14.4 Å². The molecule has 0 bridgehead atoms. The zero-order chi connectivity index (χ0) is 27.7. The lowest BCUT2D eigenvalue weighted by molar-refractivity contribution is -0.138. The topological polar surface area (TPSA) is 121 Å². The average Bonchev–Trinajstić information content (AvgIpc) is 3.51. The van der Waals surface area contributed by atoms with Crippen molar-refractivity contribution in [3.63, 3.8) is 0 Å². The van der Waals surface area contributed by atoms with Crippen molar-refractivity contribution in [2.45, 2.75) is 64.8 Å². The number of piperidine rings is 1. The molecule has 2 aromatic carbocycles. The molecule has 1 saturated heterocycles. The molecule has 39 heavy (non-hydrogen) atoms. The minimum atomic E-state index is -0.716. The number of carbonyl (C=O) groups excluding carboxylic acids is 3. The number of rotatable bonds is 5. The second-order valence-corrected chi connectivity index (χ2v) is 11.6. The van der Waals surface area contributed by atoms with Gasteiger partial charge in [-0.05, 0) is 68.5 Å². The first-order valence-electron chi connectivity index (χ1n) is 13.6. The number of benzene rings is 2. The summed E-state index contributed by atoms with van der Waals surface area (Å²) in [5, 5.41) is 4.12. The van der Waals surface area contributed by atoms with Crippen molar-refractivity contribution in [3.8, 4) is 0 Å². The number of anilines is 1. The van der Waals surface area contributed by atoms with Crippen LogP contribution in [0.4, 0.5) is 10.5 Å². The number of nitrogens with one attached hydrogen (secondary N) is 2. The third-order valence-electron chi connectivity index (χ3n) is 7.50. The van der Waals surface area contributed by atoms with Crippen molar-refractivity contribution in [1.29, 1.82) is 0 Å². The van der Waals surface area contributed by atoms with E-state index in [1.807, 2.05) is 69.4 Å². The molecule has 1 atom stereocenters. The summed E-state index contributed by atoms with van der Waals surface area (Å²) >= 11 is 0. The van der Waals surface area contributed by atoms with Crippen LogP contribution in [0.1, 0.15) is 50.3 Å². The van der Waals surface area contributed by atoms with Crippen LogP contribution < -0.4 is 11.1 Å². The van der Waals surface area contributed by atoms with Crippen molar-refractivity contribution in [3.05, 3.63) is 65.4 Å².